The summed E-state index contributed by atoms with van der Waals surface area (Å²) in [5.41, 5.74) is 0.968. The van der Waals surface area contributed by atoms with E-state index in [-0.39, 0.29) is 16.8 Å². The first kappa shape index (κ1) is 20.8. The van der Waals surface area contributed by atoms with E-state index in [1.165, 1.54) is 18.1 Å². The van der Waals surface area contributed by atoms with Gasteiger partial charge in [-0.1, -0.05) is 23.7 Å². The third-order valence-electron chi connectivity index (χ3n) is 4.07. The third-order valence-corrected chi connectivity index (χ3v) is 4.61. The lowest BCUT2D eigenvalue weighted by Gasteiger charge is -2.29. The largest absolute Gasteiger partial charge is 0.493 e. The molecule has 0 saturated carbocycles. The van der Waals surface area contributed by atoms with Crippen molar-refractivity contribution in [2.75, 3.05) is 12.0 Å². The molecule has 0 aromatic heterocycles. The van der Waals surface area contributed by atoms with Gasteiger partial charge in [0.2, 0.25) is 0 Å². The van der Waals surface area contributed by atoms with Crippen LogP contribution in [-0.4, -0.2) is 30.1 Å². The van der Waals surface area contributed by atoms with E-state index in [2.05, 4.69) is 5.32 Å². The van der Waals surface area contributed by atoms with Crippen LogP contribution in [-0.2, 0) is 9.59 Å². The summed E-state index contributed by atoms with van der Waals surface area (Å²) in [6.45, 7) is 3.76. The molecule has 1 saturated heterocycles. The summed E-state index contributed by atoms with van der Waals surface area (Å²) in [6, 6.07) is 11.8. The van der Waals surface area contributed by atoms with Gasteiger partial charge in [0.1, 0.15) is 5.57 Å². The molecule has 0 atom stereocenters. The standard InChI is InChI=1S/C21H19ClN2O4S/c1-12(2)28-18-13(5-4-6-17(18)27-3)11-16-19(25)23-21(29)24(20(16)26)15-9-7-14(22)8-10-15/h4-12H,1-3H3,(H,23,25,29)/b16-11+. The molecule has 2 aromatic carbocycles. The zero-order valence-corrected chi connectivity index (χ0v) is 17.6. The number of para-hydroxylation sites is 1. The number of benzene rings is 2. The molecule has 1 aliphatic rings. The van der Waals surface area contributed by atoms with Gasteiger partial charge in [-0.25, -0.2) is 0 Å². The van der Waals surface area contributed by atoms with Crippen molar-refractivity contribution in [2.24, 2.45) is 0 Å². The first-order valence-corrected chi connectivity index (χ1v) is 9.61. The van der Waals surface area contributed by atoms with E-state index in [1.54, 1.807) is 42.5 Å². The molecule has 150 valence electrons. The molecular weight excluding hydrogens is 412 g/mol. The number of carbonyl (C=O) groups is 2. The Hall–Kier alpha value is -2.90. The Labute approximate surface area is 179 Å². The van der Waals surface area contributed by atoms with Gasteiger partial charge in [-0.05, 0) is 62.5 Å². The molecular formula is C21H19ClN2O4S. The average molecular weight is 431 g/mol. The number of thiocarbonyl (C=S) groups is 1. The second kappa shape index (κ2) is 8.63. The van der Waals surface area contributed by atoms with Crippen LogP contribution in [0.25, 0.3) is 6.08 Å². The smallest absolute Gasteiger partial charge is 0.270 e. The molecule has 3 rings (SSSR count). The molecule has 1 N–H and O–H groups in total. The van der Waals surface area contributed by atoms with Crippen molar-refractivity contribution in [3.8, 4) is 11.5 Å². The van der Waals surface area contributed by atoms with Gasteiger partial charge in [0.05, 0.1) is 18.9 Å². The summed E-state index contributed by atoms with van der Waals surface area (Å²) in [7, 11) is 1.53. The van der Waals surface area contributed by atoms with Crippen LogP contribution in [0.15, 0.2) is 48.0 Å². The van der Waals surface area contributed by atoms with Crippen molar-refractivity contribution in [3.05, 3.63) is 58.6 Å². The van der Waals surface area contributed by atoms with Crippen LogP contribution in [0.2, 0.25) is 5.02 Å². The van der Waals surface area contributed by atoms with Gasteiger partial charge in [-0.3, -0.25) is 19.8 Å². The summed E-state index contributed by atoms with van der Waals surface area (Å²) in [5, 5.41) is 3.08. The van der Waals surface area contributed by atoms with Crippen LogP contribution in [0.5, 0.6) is 11.5 Å². The Morgan fingerprint density at radius 1 is 1.14 bits per heavy atom. The van der Waals surface area contributed by atoms with Crippen molar-refractivity contribution in [1.82, 2.24) is 5.32 Å². The molecule has 0 bridgehead atoms. The van der Waals surface area contributed by atoms with Gasteiger partial charge < -0.3 is 9.47 Å². The molecule has 2 amide bonds. The van der Waals surface area contributed by atoms with E-state index in [1.807, 2.05) is 13.8 Å². The molecule has 0 radical (unpaired) electrons. The Morgan fingerprint density at radius 2 is 1.83 bits per heavy atom. The number of ether oxygens (including phenoxy) is 2. The number of nitrogens with one attached hydrogen (secondary N) is 1. The van der Waals surface area contributed by atoms with Crippen molar-refractivity contribution < 1.29 is 19.1 Å². The van der Waals surface area contributed by atoms with Crippen molar-refractivity contribution >= 4 is 52.5 Å². The number of hydrogen-bond acceptors (Lipinski definition) is 5. The molecule has 1 fully saturated rings. The molecule has 6 nitrogen and oxygen atoms in total. The van der Waals surface area contributed by atoms with Crippen LogP contribution in [0, 0.1) is 0 Å². The molecule has 2 aromatic rings. The molecule has 29 heavy (non-hydrogen) atoms. The summed E-state index contributed by atoms with van der Waals surface area (Å²) in [5.74, 6) is -0.172. The van der Waals surface area contributed by atoms with E-state index in [4.69, 9.17) is 33.3 Å². The normalized spacial score (nSPS) is 15.7. The van der Waals surface area contributed by atoms with Crippen LogP contribution in [0.3, 0.4) is 0 Å². The molecule has 0 spiro atoms. The van der Waals surface area contributed by atoms with Crippen LogP contribution < -0.4 is 19.7 Å². The Kier molecular flexibility index (Phi) is 6.20. The molecule has 0 aliphatic carbocycles. The summed E-state index contributed by atoms with van der Waals surface area (Å²) < 4.78 is 11.2. The number of amides is 2. The van der Waals surface area contributed by atoms with Crippen molar-refractivity contribution in [1.29, 1.82) is 0 Å². The SMILES string of the molecule is COc1cccc(/C=C2\C(=O)NC(=S)N(c3ccc(Cl)cc3)C2=O)c1OC(C)C. The second-order valence-electron chi connectivity index (χ2n) is 6.48. The highest BCUT2D eigenvalue weighted by Gasteiger charge is 2.34. The minimum atomic E-state index is -0.580. The van der Waals surface area contributed by atoms with Crippen molar-refractivity contribution in [2.45, 2.75) is 20.0 Å². The zero-order valence-electron chi connectivity index (χ0n) is 16.1. The lowest BCUT2D eigenvalue weighted by Crippen LogP contribution is -2.54. The van der Waals surface area contributed by atoms with Gasteiger partial charge in [0.15, 0.2) is 16.6 Å². The van der Waals surface area contributed by atoms with Gasteiger partial charge >= 0.3 is 0 Å². The van der Waals surface area contributed by atoms with E-state index in [0.717, 1.165) is 0 Å². The van der Waals surface area contributed by atoms with Crippen molar-refractivity contribution in [3.63, 3.8) is 0 Å². The lowest BCUT2D eigenvalue weighted by molar-refractivity contribution is -0.122. The quantitative estimate of drug-likeness (QED) is 0.441. The number of hydrogen-bond donors (Lipinski definition) is 1. The second-order valence-corrected chi connectivity index (χ2v) is 7.30. The maximum Gasteiger partial charge on any atom is 0.270 e. The first-order valence-electron chi connectivity index (χ1n) is 8.82. The highest BCUT2D eigenvalue weighted by atomic mass is 35.5. The summed E-state index contributed by atoms with van der Waals surface area (Å²) in [6.07, 6.45) is 1.35. The highest BCUT2D eigenvalue weighted by Crippen LogP contribution is 2.34. The summed E-state index contributed by atoms with van der Waals surface area (Å²) >= 11 is 11.1. The molecule has 1 heterocycles. The average Bonchev–Trinajstić information content (AvgIpc) is 2.67. The minimum absolute atomic E-state index is 0.00349. The van der Waals surface area contributed by atoms with E-state index >= 15 is 0 Å². The molecule has 8 heteroatoms. The van der Waals surface area contributed by atoms with Crippen LogP contribution >= 0.6 is 23.8 Å². The predicted octanol–water partition coefficient (Wildman–Crippen LogP) is 3.97. The van der Waals surface area contributed by atoms with E-state index < -0.39 is 11.8 Å². The van der Waals surface area contributed by atoms with Crippen LogP contribution in [0.4, 0.5) is 5.69 Å². The fraction of sp³-hybridized carbons (Fsp3) is 0.190. The number of nitrogens with zero attached hydrogens (tertiary/aromatic N) is 1. The Balaban J connectivity index is 2.06. The highest BCUT2D eigenvalue weighted by molar-refractivity contribution is 7.80. The summed E-state index contributed by atoms with van der Waals surface area (Å²) in [4.78, 5) is 26.9. The predicted molar refractivity (Wildman–Crippen MR) is 116 cm³/mol. The minimum Gasteiger partial charge on any atom is -0.493 e. The van der Waals surface area contributed by atoms with E-state index in [0.29, 0.717) is 27.8 Å². The lowest BCUT2D eigenvalue weighted by atomic mass is 10.1. The van der Waals surface area contributed by atoms with Gasteiger partial charge in [-0.2, -0.15) is 0 Å². The maximum atomic E-state index is 13.1. The number of anilines is 1. The number of halogens is 1. The topological polar surface area (TPSA) is 67.9 Å². The fourth-order valence-corrected chi connectivity index (χ4v) is 3.21. The number of carbonyl (C=O) groups excluding carboxylic acids is 2. The third kappa shape index (κ3) is 4.41. The van der Waals surface area contributed by atoms with Gasteiger partial charge in [0.25, 0.3) is 11.8 Å². The maximum absolute atomic E-state index is 13.1. The zero-order chi connectivity index (χ0) is 21.1. The fourth-order valence-electron chi connectivity index (χ4n) is 2.81. The number of rotatable bonds is 5. The van der Waals surface area contributed by atoms with E-state index in [9.17, 15) is 9.59 Å². The monoisotopic (exact) mass is 430 g/mol. The van der Waals surface area contributed by atoms with Gasteiger partial charge in [-0.15, -0.1) is 0 Å². The van der Waals surface area contributed by atoms with Crippen LogP contribution in [0.1, 0.15) is 19.4 Å². The Morgan fingerprint density at radius 3 is 2.45 bits per heavy atom. The number of methoxy groups -OCH3 is 1. The Bertz CT molecular complexity index is 1000. The molecule has 1 aliphatic heterocycles. The molecule has 0 unspecified atom stereocenters. The first-order chi connectivity index (χ1) is 13.8. The van der Waals surface area contributed by atoms with Gasteiger partial charge in [0, 0.05) is 10.6 Å².